The van der Waals surface area contributed by atoms with Crippen LogP contribution in [0.15, 0.2) is 22.7 Å². The second kappa shape index (κ2) is 7.31. The Balaban J connectivity index is 2.37. The first kappa shape index (κ1) is 14.0. The van der Waals surface area contributed by atoms with Crippen LogP contribution in [0.5, 0.6) is 0 Å². The SMILES string of the molecule is CCCC(N)CCCc1ccc(Br)cc1Cl. The third-order valence-corrected chi connectivity index (χ3v) is 3.54. The molecule has 0 aromatic heterocycles. The first-order chi connectivity index (χ1) is 7.63. The smallest absolute Gasteiger partial charge is 0.0449 e. The van der Waals surface area contributed by atoms with Gasteiger partial charge in [-0.25, -0.2) is 0 Å². The lowest BCUT2D eigenvalue weighted by Crippen LogP contribution is -2.19. The molecule has 0 aliphatic carbocycles. The molecule has 0 heterocycles. The lowest BCUT2D eigenvalue weighted by atomic mass is 10.0. The molecule has 0 aliphatic rings. The lowest BCUT2D eigenvalue weighted by molar-refractivity contribution is 0.539. The Kier molecular flexibility index (Phi) is 6.40. The van der Waals surface area contributed by atoms with Crippen LogP contribution in [0.25, 0.3) is 0 Å². The summed E-state index contributed by atoms with van der Waals surface area (Å²) in [5.74, 6) is 0. The average molecular weight is 305 g/mol. The van der Waals surface area contributed by atoms with Crippen LogP contribution in [-0.4, -0.2) is 6.04 Å². The van der Waals surface area contributed by atoms with Crippen molar-refractivity contribution in [3.63, 3.8) is 0 Å². The molecule has 0 bridgehead atoms. The summed E-state index contributed by atoms with van der Waals surface area (Å²) in [6, 6.07) is 6.41. The van der Waals surface area contributed by atoms with E-state index >= 15 is 0 Å². The first-order valence-electron chi connectivity index (χ1n) is 5.83. The van der Waals surface area contributed by atoms with Crippen molar-refractivity contribution in [2.24, 2.45) is 5.73 Å². The van der Waals surface area contributed by atoms with Crippen molar-refractivity contribution in [1.82, 2.24) is 0 Å². The van der Waals surface area contributed by atoms with Gasteiger partial charge in [-0.3, -0.25) is 0 Å². The molecule has 0 spiro atoms. The zero-order chi connectivity index (χ0) is 12.0. The van der Waals surface area contributed by atoms with Crippen molar-refractivity contribution in [1.29, 1.82) is 0 Å². The molecular formula is C13H19BrClN. The van der Waals surface area contributed by atoms with E-state index in [-0.39, 0.29) is 0 Å². The zero-order valence-corrected chi connectivity index (χ0v) is 12.0. The molecule has 2 N–H and O–H groups in total. The molecule has 3 heteroatoms. The van der Waals surface area contributed by atoms with E-state index in [1.54, 1.807) is 0 Å². The van der Waals surface area contributed by atoms with Gasteiger partial charge < -0.3 is 5.73 Å². The molecule has 0 radical (unpaired) electrons. The Bertz CT molecular complexity index is 328. The van der Waals surface area contributed by atoms with Gasteiger partial charge in [-0.2, -0.15) is 0 Å². The van der Waals surface area contributed by atoms with Crippen molar-refractivity contribution < 1.29 is 0 Å². The molecule has 0 saturated carbocycles. The minimum atomic E-state index is 0.347. The zero-order valence-electron chi connectivity index (χ0n) is 9.68. The van der Waals surface area contributed by atoms with Crippen molar-refractivity contribution in [3.05, 3.63) is 33.3 Å². The quantitative estimate of drug-likeness (QED) is 0.819. The fraction of sp³-hybridized carbons (Fsp3) is 0.538. The molecule has 1 unspecified atom stereocenters. The molecule has 1 nitrogen and oxygen atoms in total. The van der Waals surface area contributed by atoms with Crippen LogP contribution in [0.4, 0.5) is 0 Å². The van der Waals surface area contributed by atoms with Crippen molar-refractivity contribution >= 4 is 27.5 Å². The monoisotopic (exact) mass is 303 g/mol. The highest BCUT2D eigenvalue weighted by Crippen LogP contribution is 2.23. The van der Waals surface area contributed by atoms with Crippen LogP contribution in [0.3, 0.4) is 0 Å². The minimum Gasteiger partial charge on any atom is -0.328 e. The van der Waals surface area contributed by atoms with Gasteiger partial charge in [0.2, 0.25) is 0 Å². The van der Waals surface area contributed by atoms with E-state index < -0.39 is 0 Å². The van der Waals surface area contributed by atoms with Crippen LogP contribution in [-0.2, 0) is 6.42 Å². The Morgan fingerprint density at radius 1 is 1.38 bits per heavy atom. The van der Waals surface area contributed by atoms with Gasteiger partial charge in [-0.05, 0) is 43.4 Å². The van der Waals surface area contributed by atoms with Crippen LogP contribution in [0, 0.1) is 0 Å². The molecule has 0 amide bonds. The number of aryl methyl sites for hydroxylation is 1. The summed E-state index contributed by atoms with van der Waals surface area (Å²) in [6.07, 6.45) is 5.50. The Labute approximate surface area is 111 Å². The summed E-state index contributed by atoms with van der Waals surface area (Å²) in [7, 11) is 0. The summed E-state index contributed by atoms with van der Waals surface area (Å²) in [5.41, 5.74) is 7.19. The molecular weight excluding hydrogens is 286 g/mol. The number of benzene rings is 1. The standard InChI is InChI=1S/C13H19BrClN/c1-2-4-12(16)6-3-5-10-7-8-11(14)9-13(10)15/h7-9,12H,2-6,16H2,1H3. The van der Waals surface area contributed by atoms with Crippen LogP contribution < -0.4 is 5.73 Å². The normalized spacial score (nSPS) is 12.8. The topological polar surface area (TPSA) is 26.0 Å². The molecule has 1 rings (SSSR count). The molecule has 90 valence electrons. The second-order valence-corrected chi connectivity index (χ2v) is 5.50. The minimum absolute atomic E-state index is 0.347. The van der Waals surface area contributed by atoms with Crippen LogP contribution in [0.2, 0.25) is 5.02 Å². The third kappa shape index (κ3) is 4.86. The van der Waals surface area contributed by atoms with Gasteiger partial charge in [0.1, 0.15) is 0 Å². The van der Waals surface area contributed by atoms with Crippen molar-refractivity contribution in [2.75, 3.05) is 0 Å². The fourth-order valence-electron chi connectivity index (χ4n) is 1.79. The maximum absolute atomic E-state index is 6.14. The third-order valence-electron chi connectivity index (χ3n) is 2.70. The number of hydrogen-bond donors (Lipinski definition) is 1. The van der Waals surface area contributed by atoms with Gasteiger partial charge >= 0.3 is 0 Å². The molecule has 1 aromatic carbocycles. The molecule has 1 atom stereocenters. The highest BCUT2D eigenvalue weighted by molar-refractivity contribution is 9.10. The molecule has 16 heavy (non-hydrogen) atoms. The number of rotatable bonds is 6. The maximum atomic E-state index is 6.14. The summed E-state index contributed by atoms with van der Waals surface area (Å²) in [5, 5.41) is 0.846. The van der Waals surface area contributed by atoms with Crippen LogP contribution in [0.1, 0.15) is 38.2 Å². The maximum Gasteiger partial charge on any atom is 0.0449 e. The highest BCUT2D eigenvalue weighted by atomic mass is 79.9. The van der Waals surface area contributed by atoms with E-state index in [2.05, 4.69) is 28.9 Å². The largest absolute Gasteiger partial charge is 0.328 e. The summed E-state index contributed by atoms with van der Waals surface area (Å²) >= 11 is 9.55. The van der Waals surface area contributed by atoms with E-state index in [1.807, 2.05) is 12.1 Å². The van der Waals surface area contributed by atoms with Gasteiger partial charge in [0.05, 0.1) is 0 Å². The van der Waals surface area contributed by atoms with E-state index in [0.717, 1.165) is 35.2 Å². The van der Waals surface area contributed by atoms with Crippen molar-refractivity contribution in [3.8, 4) is 0 Å². The van der Waals surface area contributed by atoms with Crippen molar-refractivity contribution in [2.45, 2.75) is 45.1 Å². The van der Waals surface area contributed by atoms with E-state index in [0.29, 0.717) is 6.04 Å². The highest BCUT2D eigenvalue weighted by Gasteiger charge is 2.04. The Morgan fingerprint density at radius 2 is 2.12 bits per heavy atom. The number of hydrogen-bond acceptors (Lipinski definition) is 1. The van der Waals surface area contributed by atoms with Gasteiger partial charge in [0.15, 0.2) is 0 Å². The molecule has 1 aromatic rings. The Morgan fingerprint density at radius 3 is 2.75 bits per heavy atom. The molecule has 0 saturated heterocycles. The summed E-state index contributed by atoms with van der Waals surface area (Å²) in [4.78, 5) is 0. The lowest BCUT2D eigenvalue weighted by Gasteiger charge is -2.10. The molecule has 0 aliphatic heterocycles. The first-order valence-corrected chi connectivity index (χ1v) is 7.00. The Hall–Kier alpha value is -0.0500. The summed E-state index contributed by atoms with van der Waals surface area (Å²) < 4.78 is 1.03. The van der Waals surface area contributed by atoms with Gasteiger partial charge in [-0.15, -0.1) is 0 Å². The summed E-state index contributed by atoms with van der Waals surface area (Å²) in [6.45, 7) is 2.17. The fourth-order valence-corrected chi connectivity index (χ4v) is 2.56. The predicted octanol–water partition coefficient (Wildman–Crippen LogP) is 4.55. The number of halogens is 2. The predicted molar refractivity (Wildman–Crippen MR) is 75.0 cm³/mol. The van der Waals surface area contributed by atoms with Gasteiger partial charge in [-0.1, -0.05) is 46.9 Å². The number of nitrogens with two attached hydrogens (primary N) is 1. The van der Waals surface area contributed by atoms with E-state index in [4.69, 9.17) is 17.3 Å². The molecule has 0 fully saturated rings. The van der Waals surface area contributed by atoms with Gasteiger partial charge in [0, 0.05) is 15.5 Å². The second-order valence-electron chi connectivity index (χ2n) is 4.18. The van der Waals surface area contributed by atoms with E-state index in [9.17, 15) is 0 Å². The average Bonchev–Trinajstić information content (AvgIpc) is 2.22. The van der Waals surface area contributed by atoms with Gasteiger partial charge in [0.25, 0.3) is 0 Å². The van der Waals surface area contributed by atoms with Crippen LogP contribution >= 0.6 is 27.5 Å². The van der Waals surface area contributed by atoms with E-state index in [1.165, 1.54) is 12.0 Å².